The van der Waals surface area contributed by atoms with Crippen molar-refractivity contribution < 1.29 is 4.79 Å². The largest absolute Gasteiger partial charge is 0.383 e. The predicted octanol–water partition coefficient (Wildman–Crippen LogP) is 1.37. The van der Waals surface area contributed by atoms with Gasteiger partial charge in [-0.3, -0.25) is 4.79 Å². The second kappa shape index (κ2) is 3.93. The molecule has 18 heavy (non-hydrogen) atoms. The summed E-state index contributed by atoms with van der Waals surface area (Å²) in [5.41, 5.74) is 12.0. The zero-order valence-electron chi connectivity index (χ0n) is 10.5. The molecule has 2 aliphatic rings. The Morgan fingerprint density at radius 3 is 2.56 bits per heavy atom. The Morgan fingerprint density at radius 1 is 1.28 bits per heavy atom. The molecule has 2 bridgehead atoms. The lowest BCUT2D eigenvalue weighted by Crippen LogP contribution is -2.20. The Morgan fingerprint density at radius 2 is 2.06 bits per heavy atom. The molecule has 3 unspecified atom stereocenters. The number of nitrogens with zero attached hydrogens (tertiary/aromatic N) is 2. The highest BCUT2D eigenvalue weighted by Crippen LogP contribution is 2.52. The summed E-state index contributed by atoms with van der Waals surface area (Å²) in [6.45, 7) is 1.77. The molecule has 0 aromatic carbocycles. The number of carbonyl (C=O) groups excluding carboxylic acids is 1. The van der Waals surface area contributed by atoms with Gasteiger partial charge in [-0.25, -0.2) is 9.97 Å². The third kappa shape index (κ3) is 1.65. The molecule has 3 atom stereocenters. The second-order valence-corrected chi connectivity index (χ2v) is 5.57. The number of hydrogen-bond donors (Lipinski definition) is 2. The third-order valence-corrected chi connectivity index (χ3v) is 4.45. The van der Waals surface area contributed by atoms with E-state index in [1.54, 1.807) is 6.92 Å². The Hall–Kier alpha value is -1.65. The number of nitrogen functional groups attached to an aromatic ring is 1. The molecule has 0 saturated heterocycles. The number of anilines is 1. The van der Waals surface area contributed by atoms with Crippen LogP contribution in [0.1, 0.15) is 53.5 Å². The SMILES string of the molecule is Cc1nc(C2CC3CCC2C3)nc(N)c1C(N)=O. The van der Waals surface area contributed by atoms with Crippen LogP contribution in [0.2, 0.25) is 0 Å². The lowest BCUT2D eigenvalue weighted by molar-refractivity contribution is 0.1000. The summed E-state index contributed by atoms with van der Waals surface area (Å²) >= 11 is 0. The summed E-state index contributed by atoms with van der Waals surface area (Å²) in [6, 6.07) is 0. The van der Waals surface area contributed by atoms with Gasteiger partial charge in [0.1, 0.15) is 17.2 Å². The fraction of sp³-hybridized carbons (Fsp3) is 0.615. The highest BCUT2D eigenvalue weighted by molar-refractivity contribution is 5.98. The normalized spacial score (nSPS) is 29.7. The zero-order chi connectivity index (χ0) is 12.9. The molecular formula is C13H18N4O. The van der Waals surface area contributed by atoms with Crippen molar-refractivity contribution in [2.24, 2.45) is 17.6 Å². The van der Waals surface area contributed by atoms with Gasteiger partial charge in [0.25, 0.3) is 5.91 Å². The van der Waals surface area contributed by atoms with E-state index in [9.17, 15) is 4.79 Å². The van der Waals surface area contributed by atoms with Crippen LogP contribution in [-0.4, -0.2) is 15.9 Å². The predicted molar refractivity (Wildman–Crippen MR) is 67.9 cm³/mol. The van der Waals surface area contributed by atoms with Crippen LogP contribution in [0.25, 0.3) is 0 Å². The van der Waals surface area contributed by atoms with Crippen molar-refractivity contribution >= 4 is 11.7 Å². The maximum Gasteiger partial charge on any atom is 0.254 e. The van der Waals surface area contributed by atoms with E-state index in [0.717, 1.165) is 11.7 Å². The lowest BCUT2D eigenvalue weighted by Gasteiger charge is -2.21. The lowest BCUT2D eigenvalue weighted by atomic mass is 9.88. The molecule has 3 rings (SSSR count). The highest BCUT2D eigenvalue weighted by Gasteiger charge is 2.41. The molecule has 96 valence electrons. The Balaban J connectivity index is 1.97. The highest BCUT2D eigenvalue weighted by atomic mass is 16.1. The number of primary amides is 1. The van der Waals surface area contributed by atoms with Crippen LogP contribution in [0.15, 0.2) is 0 Å². The first-order valence-electron chi connectivity index (χ1n) is 6.50. The van der Waals surface area contributed by atoms with Gasteiger partial charge in [0.15, 0.2) is 0 Å². The summed E-state index contributed by atoms with van der Waals surface area (Å²) in [6.07, 6.45) is 5.08. The van der Waals surface area contributed by atoms with Crippen LogP contribution in [0.5, 0.6) is 0 Å². The van der Waals surface area contributed by atoms with Gasteiger partial charge in [0.05, 0.1) is 5.69 Å². The summed E-state index contributed by atoms with van der Waals surface area (Å²) in [5.74, 6) is 2.44. The average Bonchev–Trinajstić information content (AvgIpc) is 2.88. The van der Waals surface area contributed by atoms with Gasteiger partial charge in [0.2, 0.25) is 0 Å². The van der Waals surface area contributed by atoms with E-state index in [4.69, 9.17) is 11.5 Å². The van der Waals surface area contributed by atoms with Gasteiger partial charge < -0.3 is 11.5 Å². The Kier molecular flexibility index (Phi) is 2.50. The van der Waals surface area contributed by atoms with Crippen molar-refractivity contribution in [3.05, 3.63) is 17.1 Å². The van der Waals surface area contributed by atoms with Gasteiger partial charge in [-0.1, -0.05) is 6.42 Å². The number of fused-ring (bicyclic) bond motifs is 2. The monoisotopic (exact) mass is 246 g/mol. The summed E-state index contributed by atoms with van der Waals surface area (Å²) in [5, 5.41) is 0. The van der Waals surface area contributed by atoms with Crippen molar-refractivity contribution in [2.45, 2.75) is 38.5 Å². The first-order chi connectivity index (χ1) is 8.56. The smallest absolute Gasteiger partial charge is 0.254 e. The maximum atomic E-state index is 11.3. The number of amides is 1. The molecule has 5 heteroatoms. The van der Waals surface area contributed by atoms with E-state index in [1.807, 2.05) is 0 Å². The van der Waals surface area contributed by atoms with Crippen molar-refractivity contribution in [3.8, 4) is 0 Å². The standard InChI is InChI=1S/C13H18N4O/c1-6-10(12(15)18)11(14)17-13(16-6)9-5-7-2-3-8(9)4-7/h7-9H,2-5H2,1H3,(H2,15,18)(H2,14,16,17). The molecule has 1 aromatic heterocycles. The second-order valence-electron chi connectivity index (χ2n) is 5.57. The minimum atomic E-state index is -0.551. The van der Waals surface area contributed by atoms with Crippen molar-refractivity contribution in [1.82, 2.24) is 9.97 Å². The number of aryl methyl sites for hydroxylation is 1. The van der Waals surface area contributed by atoms with E-state index in [1.165, 1.54) is 25.7 Å². The van der Waals surface area contributed by atoms with E-state index in [-0.39, 0.29) is 11.4 Å². The van der Waals surface area contributed by atoms with Crippen LogP contribution < -0.4 is 11.5 Å². The molecule has 2 aliphatic carbocycles. The summed E-state index contributed by atoms with van der Waals surface area (Å²) < 4.78 is 0. The molecular weight excluding hydrogens is 228 g/mol. The first kappa shape index (κ1) is 11.4. The first-order valence-corrected chi connectivity index (χ1v) is 6.50. The number of nitrogens with two attached hydrogens (primary N) is 2. The van der Waals surface area contributed by atoms with E-state index in [0.29, 0.717) is 17.5 Å². The van der Waals surface area contributed by atoms with E-state index < -0.39 is 5.91 Å². The topological polar surface area (TPSA) is 94.9 Å². The summed E-state index contributed by atoms with van der Waals surface area (Å²) in [7, 11) is 0. The molecule has 2 saturated carbocycles. The fourth-order valence-corrected chi connectivity index (χ4v) is 3.65. The van der Waals surface area contributed by atoms with Crippen molar-refractivity contribution in [3.63, 3.8) is 0 Å². The molecule has 0 aliphatic heterocycles. The van der Waals surface area contributed by atoms with Crippen LogP contribution >= 0.6 is 0 Å². The van der Waals surface area contributed by atoms with Crippen LogP contribution in [0.4, 0.5) is 5.82 Å². The minimum absolute atomic E-state index is 0.229. The quantitative estimate of drug-likeness (QED) is 0.823. The maximum absolute atomic E-state index is 11.3. The fourth-order valence-electron chi connectivity index (χ4n) is 3.65. The van der Waals surface area contributed by atoms with Gasteiger partial charge in [0, 0.05) is 5.92 Å². The Bertz CT molecular complexity index is 491. The van der Waals surface area contributed by atoms with Gasteiger partial charge in [-0.2, -0.15) is 0 Å². The van der Waals surface area contributed by atoms with Crippen molar-refractivity contribution in [2.75, 3.05) is 5.73 Å². The van der Waals surface area contributed by atoms with Crippen LogP contribution in [-0.2, 0) is 0 Å². The third-order valence-electron chi connectivity index (χ3n) is 4.45. The number of hydrogen-bond acceptors (Lipinski definition) is 4. The molecule has 1 amide bonds. The van der Waals surface area contributed by atoms with E-state index in [2.05, 4.69) is 9.97 Å². The minimum Gasteiger partial charge on any atom is -0.383 e. The number of carbonyl (C=O) groups is 1. The van der Waals surface area contributed by atoms with Gasteiger partial charge >= 0.3 is 0 Å². The van der Waals surface area contributed by atoms with Crippen molar-refractivity contribution in [1.29, 1.82) is 0 Å². The molecule has 1 heterocycles. The zero-order valence-corrected chi connectivity index (χ0v) is 10.5. The molecule has 5 nitrogen and oxygen atoms in total. The molecule has 0 radical (unpaired) electrons. The summed E-state index contributed by atoms with van der Waals surface area (Å²) in [4.78, 5) is 20.1. The van der Waals surface area contributed by atoms with Crippen LogP contribution in [0, 0.1) is 18.8 Å². The Labute approximate surface area is 106 Å². The number of rotatable bonds is 2. The van der Waals surface area contributed by atoms with Gasteiger partial charge in [-0.15, -0.1) is 0 Å². The molecule has 2 fully saturated rings. The molecule has 4 N–H and O–H groups in total. The molecule has 0 spiro atoms. The van der Waals surface area contributed by atoms with E-state index >= 15 is 0 Å². The van der Waals surface area contributed by atoms with Gasteiger partial charge in [-0.05, 0) is 38.0 Å². The van der Waals surface area contributed by atoms with Crippen LogP contribution in [0.3, 0.4) is 0 Å². The molecule has 1 aromatic rings. The number of aromatic nitrogens is 2. The average molecular weight is 246 g/mol.